The fourth-order valence-corrected chi connectivity index (χ4v) is 3.83. The van der Waals surface area contributed by atoms with Crippen LogP contribution in [0.1, 0.15) is 0 Å². The van der Waals surface area contributed by atoms with Crippen molar-refractivity contribution in [3.63, 3.8) is 0 Å². The van der Waals surface area contributed by atoms with Crippen LogP contribution in [0.4, 0.5) is 5.69 Å². The number of fused-ring (bicyclic) bond motifs is 1. The number of aromatic nitrogens is 2. The minimum absolute atomic E-state index is 0.0356. The zero-order chi connectivity index (χ0) is 22.3. The Morgan fingerprint density at radius 1 is 1.16 bits per heavy atom. The van der Waals surface area contributed by atoms with Gasteiger partial charge in [0.25, 0.3) is 0 Å². The van der Waals surface area contributed by atoms with Crippen molar-refractivity contribution in [3.05, 3.63) is 48.7 Å². The molecule has 9 heteroatoms. The van der Waals surface area contributed by atoms with Crippen molar-refractivity contribution in [2.24, 2.45) is 0 Å². The first-order valence-electron chi connectivity index (χ1n) is 10.7. The third-order valence-electron chi connectivity index (χ3n) is 5.53. The fraction of sp³-hybridized carbons (Fsp3) is 0.391. The van der Waals surface area contributed by atoms with Crippen molar-refractivity contribution in [2.45, 2.75) is 6.10 Å². The molecule has 0 saturated carbocycles. The van der Waals surface area contributed by atoms with Crippen LogP contribution in [0, 0.1) is 0 Å². The summed E-state index contributed by atoms with van der Waals surface area (Å²) in [5, 5.41) is 21.2. The number of methoxy groups -OCH3 is 1. The van der Waals surface area contributed by atoms with Gasteiger partial charge >= 0.3 is 0 Å². The van der Waals surface area contributed by atoms with Crippen LogP contribution in [0.25, 0.3) is 10.9 Å². The molecule has 2 aromatic carbocycles. The van der Waals surface area contributed by atoms with Gasteiger partial charge in [-0.25, -0.2) is 0 Å². The predicted molar refractivity (Wildman–Crippen MR) is 122 cm³/mol. The first kappa shape index (κ1) is 22.1. The van der Waals surface area contributed by atoms with Crippen LogP contribution in [0.3, 0.4) is 0 Å². The number of anilines is 1. The van der Waals surface area contributed by atoms with Crippen molar-refractivity contribution in [2.75, 3.05) is 58.3 Å². The third kappa shape index (κ3) is 5.76. The Morgan fingerprint density at radius 3 is 2.69 bits per heavy atom. The molecule has 0 radical (unpaired) electrons. The number of carbonyl (C=O) groups is 1. The number of amides is 1. The molecule has 9 nitrogen and oxygen atoms in total. The van der Waals surface area contributed by atoms with Crippen molar-refractivity contribution in [1.29, 1.82) is 0 Å². The van der Waals surface area contributed by atoms with Crippen molar-refractivity contribution in [1.82, 2.24) is 20.0 Å². The molecule has 1 aliphatic rings. The first-order chi connectivity index (χ1) is 15.6. The second-order valence-corrected chi connectivity index (χ2v) is 7.91. The molecule has 1 atom stereocenters. The van der Waals surface area contributed by atoms with Crippen molar-refractivity contribution in [3.8, 4) is 11.5 Å². The molecule has 3 aromatic rings. The van der Waals surface area contributed by atoms with Gasteiger partial charge in [0.05, 0.1) is 25.4 Å². The van der Waals surface area contributed by atoms with E-state index in [1.807, 2.05) is 42.5 Å². The van der Waals surface area contributed by atoms with E-state index in [1.54, 1.807) is 13.3 Å². The van der Waals surface area contributed by atoms with Crippen LogP contribution in [0.15, 0.2) is 48.7 Å². The maximum atomic E-state index is 12.4. The molecule has 1 amide bonds. The summed E-state index contributed by atoms with van der Waals surface area (Å²) < 4.78 is 11.0. The van der Waals surface area contributed by atoms with E-state index in [-0.39, 0.29) is 12.5 Å². The number of ether oxygens (including phenoxy) is 2. The Balaban J connectivity index is 1.17. The number of β-amino-alcohol motifs (C(OH)–C–C–N with tert-alkyl or cyclic N) is 1. The van der Waals surface area contributed by atoms with E-state index in [4.69, 9.17) is 9.47 Å². The summed E-state index contributed by atoms with van der Waals surface area (Å²) in [5.41, 5.74) is 1.70. The van der Waals surface area contributed by atoms with Crippen LogP contribution < -0.4 is 14.8 Å². The molecule has 1 unspecified atom stereocenters. The van der Waals surface area contributed by atoms with E-state index in [0.29, 0.717) is 24.6 Å². The summed E-state index contributed by atoms with van der Waals surface area (Å²) >= 11 is 0. The molecule has 0 spiro atoms. The van der Waals surface area contributed by atoms with Gasteiger partial charge in [-0.3, -0.25) is 19.7 Å². The lowest BCUT2D eigenvalue weighted by Crippen LogP contribution is -2.50. The van der Waals surface area contributed by atoms with E-state index < -0.39 is 6.10 Å². The van der Waals surface area contributed by atoms with E-state index in [1.165, 1.54) is 0 Å². The normalized spacial score (nSPS) is 16.1. The number of aliphatic hydroxyl groups excluding tert-OH is 1. The number of aliphatic hydroxyl groups is 1. The first-order valence-corrected chi connectivity index (χ1v) is 10.7. The van der Waals surface area contributed by atoms with Crippen molar-refractivity contribution >= 4 is 22.5 Å². The van der Waals surface area contributed by atoms with Gasteiger partial charge < -0.3 is 19.9 Å². The molecule has 1 aromatic heterocycles. The number of piperazine rings is 1. The average molecular weight is 440 g/mol. The van der Waals surface area contributed by atoms with Gasteiger partial charge in [-0.2, -0.15) is 5.10 Å². The van der Waals surface area contributed by atoms with Gasteiger partial charge in [0.2, 0.25) is 5.91 Å². The lowest BCUT2D eigenvalue weighted by Gasteiger charge is -2.35. The number of nitrogens with zero attached hydrogens (tertiary/aromatic N) is 3. The summed E-state index contributed by atoms with van der Waals surface area (Å²) in [6.45, 7) is 4.20. The number of hydrogen-bond donors (Lipinski definition) is 3. The van der Waals surface area contributed by atoms with E-state index in [0.717, 1.165) is 42.8 Å². The van der Waals surface area contributed by atoms with Crippen LogP contribution in [0.5, 0.6) is 11.5 Å². The lowest BCUT2D eigenvalue weighted by atomic mass is 10.2. The molecule has 1 saturated heterocycles. The number of para-hydroxylation sites is 2. The monoisotopic (exact) mass is 439 g/mol. The number of carbonyl (C=O) groups excluding carboxylic acids is 1. The molecule has 32 heavy (non-hydrogen) atoms. The van der Waals surface area contributed by atoms with Crippen LogP contribution in [-0.4, -0.2) is 90.1 Å². The second-order valence-electron chi connectivity index (χ2n) is 7.91. The lowest BCUT2D eigenvalue weighted by molar-refractivity contribution is -0.117. The Bertz CT molecular complexity index is 1030. The van der Waals surface area contributed by atoms with Crippen molar-refractivity contribution < 1.29 is 19.4 Å². The molecule has 0 aliphatic carbocycles. The second kappa shape index (κ2) is 10.4. The number of H-pyrrole nitrogens is 1. The summed E-state index contributed by atoms with van der Waals surface area (Å²) in [6, 6.07) is 13.1. The largest absolute Gasteiger partial charge is 0.493 e. The van der Waals surface area contributed by atoms with Gasteiger partial charge in [-0.1, -0.05) is 12.1 Å². The highest BCUT2D eigenvalue weighted by Gasteiger charge is 2.21. The molecular weight excluding hydrogens is 410 g/mol. The number of rotatable bonds is 9. The standard InChI is InChI=1S/C23H29N5O4/c1-31-21-4-2-3-5-22(21)32-16-19(29)14-27-8-10-28(11-9-27)15-23(30)25-18-6-7-20-17(12-18)13-24-26-20/h2-7,12-13,19,29H,8-11,14-16H2,1H3,(H,24,26)(H,25,30). The summed E-state index contributed by atoms with van der Waals surface area (Å²) in [7, 11) is 1.59. The molecule has 170 valence electrons. The molecule has 0 bridgehead atoms. The maximum absolute atomic E-state index is 12.4. The summed E-state index contributed by atoms with van der Waals surface area (Å²) in [6.07, 6.45) is 1.13. The third-order valence-corrected chi connectivity index (χ3v) is 5.53. The van der Waals surface area contributed by atoms with Gasteiger partial charge in [0.15, 0.2) is 11.5 Å². The molecule has 4 rings (SSSR count). The quantitative estimate of drug-likeness (QED) is 0.465. The Labute approximate surface area is 186 Å². The van der Waals surface area contributed by atoms with E-state index in [2.05, 4.69) is 25.3 Å². The fourth-order valence-electron chi connectivity index (χ4n) is 3.83. The highest BCUT2D eigenvalue weighted by molar-refractivity contribution is 5.94. The minimum atomic E-state index is -0.604. The van der Waals surface area contributed by atoms with Gasteiger partial charge in [-0.15, -0.1) is 0 Å². The predicted octanol–water partition coefficient (Wildman–Crippen LogP) is 1.57. The highest BCUT2D eigenvalue weighted by atomic mass is 16.5. The zero-order valence-electron chi connectivity index (χ0n) is 18.2. The van der Waals surface area contributed by atoms with Crippen LogP contribution >= 0.6 is 0 Å². The smallest absolute Gasteiger partial charge is 0.238 e. The Kier molecular flexibility index (Phi) is 7.21. The van der Waals surface area contributed by atoms with E-state index in [9.17, 15) is 9.90 Å². The van der Waals surface area contributed by atoms with Gasteiger partial charge in [-0.05, 0) is 30.3 Å². The number of aromatic amines is 1. The number of hydrogen-bond acceptors (Lipinski definition) is 7. The average Bonchev–Trinajstić information content (AvgIpc) is 3.27. The van der Waals surface area contributed by atoms with E-state index >= 15 is 0 Å². The zero-order valence-corrected chi connectivity index (χ0v) is 18.2. The maximum Gasteiger partial charge on any atom is 0.238 e. The van der Waals surface area contributed by atoms with Gasteiger partial charge in [0.1, 0.15) is 12.7 Å². The molecule has 1 fully saturated rings. The molecular formula is C23H29N5O4. The highest BCUT2D eigenvalue weighted by Crippen LogP contribution is 2.25. The number of nitrogens with one attached hydrogen (secondary N) is 2. The number of benzene rings is 2. The molecule has 1 aliphatic heterocycles. The Hall–Kier alpha value is -3.14. The molecule has 2 heterocycles. The minimum Gasteiger partial charge on any atom is -0.493 e. The van der Waals surface area contributed by atoms with Crippen LogP contribution in [-0.2, 0) is 4.79 Å². The van der Waals surface area contributed by atoms with Crippen LogP contribution in [0.2, 0.25) is 0 Å². The van der Waals surface area contributed by atoms with Gasteiger partial charge in [0, 0.05) is 43.8 Å². The summed E-state index contributed by atoms with van der Waals surface area (Å²) in [5.74, 6) is 1.24. The summed E-state index contributed by atoms with van der Waals surface area (Å²) in [4.78, 5) is 16.7. The SMILES string of the molecule is COc1ccccc1OCC(O)CN1CCN(CC(=O)Nc2ccc3[nH]ncc3c2)CC1. The topological polar surface area (TPSA) is 103 Å². The Morgan fingerprint density at radius 2 is 1.91 bits per heavy atom. The molecule has 3 N–H and O–H groups in total.